The van der Waals surface area contributed by atoms with Gasteiger partial charge < -0.3 is 10.4 Å². The summed E-state index contributed by atoms with van der Waals surface area (Å²) in [6, 6.07) is 0. The first-order valence-corrected chi connectivity index (χ1v) is 5.35. The summed E-state index contributed by atoms with van der Waals surface area (Å²) in [5, 5.41) is 13.1. The summed E-state index contributed by atoms with van der Waals surface area (Å²) in [6.45, 7) is 7.41. The number of rotatable bonds is 1. The second-order valence-electron chi connectivity index (χ2n) is 4.32. The van der Waals surface area contributed by atoms with Crippen molar-refractivity contribution in [2.45, 2.75) is 39.3 Å². The molecule has 82 valence electrons. The zero-order valence-corrected chi connectivity index (χ0v) is 9.41. The van der Waals surface area contributed by atoms with Gasteiger partial charge in [-0.2, -0.15) is 0 Å². The van der Waals surface area contributed by atoms with Crippen LogP contribution in [-0.2, 0) is 6.54 Å². The van der Waals surface area contributed by atoms with Crippen LogP contribution in [0.4, 0.5) is 0 Å². The maximum atomic E-state index is 9.94. The van der Waals surface area contributed by atoms with Crippen LogP contribution < -0.4 is 5.32 Å². The fraction of sp³-hybridized carbons (Fsp3) is 0.636. The van der Waals surface area contributed by atoms with Crippen LogP contribution in [0.1, 0.15) is 48.6 Å². The Kier molecular flexibility index (Phi) is 2.71. The molecular formula is C11H17N3O. The highest BCUT2D eigenvalue weighted by Gasteiger charge is 2.24. The van der Waals surface area contributed by atoms with Crippen molar-refractivity contribution in [1.82, 2.24) is 15.3 Å². The molecular weight excluding hydrogens is 190 g/mol. The van der Waals surface area contributed by atoms with Crippen molar-refractivity contribution in [2.24, 2.45) is 0 Å². The maximum Gasteiger partial charge on any atom is 0.125 e. The molecule has 0 bridgehead atoms. The lowest BCUT2D eigenvalue weighted by Gasteiger charge is -2.25. The molecule has 1 aromatic heterocycles. The first-order valence-electron chi connectivity index (χ1n) is 5.35. The number of aliphatic hydroxyl groups excluding tert-OH is 1. The standard InChI is InChI=1S/C11H17N3O/c1-6(2)11-10-8(13-7(3)14-11)4-12-5-9(10)15/h6,9,12,15H,4-5H2,1-3H3. The quantitative estimate of drug-likeness (QED) is 0.722. The Bertz CT molecular complexity index is 376. The predicted octanol–water partition coefficient (Wildman–Crippen LogP) is 1.05. The van der Waals surface area contributed by atoms with Gasteiger partial charge in [-0.1, -0.05) is 13.8 Å². The third-order valence-electron chi connectivity index (χ3n) is 2.68. The highest BCUT2D eigenvalue weighted by atomic mass is 16.3. The minimum absolute atomic E-state index is 0.327. The molecule has 1 atom stereocenters. The molecule has 0 saturated carbocycles. The third-order valence-corrected chi connectivity index (χ3v) is 2.68. The van der Waals surface area contributed by atoms with Crippen LogP contribution in [0.2, 0.25) is 0 Å². The van der Waals surface area contributed by atoms with Gasteiger partial charge in [-0.05, 0) is 12.8 Å². The van der Waals surface area contributed by atoms with Gasteiger partial charge in [0.05, 0.1) is 17.5 Å². The van der Waals surface area contributed by atoms with E-state index in [1.807, 2.05) is 6.92 Å². The van der Waals surface area contributed by atoms with Crippen molar-refractivity contribution in [2.75, 3.05) is 6.54 Å². The molecule has 0 aliphatic carbocycles. The summed E-state index contributed by atoms with van der Waals surface area (Å²) in [6.07, 6.45) is -0.466. The predicted molar refractivity (Wildman–Crippen MR) is 57.5 cm³/mol. The molecule has 1 aliphatic heterocycles. The Morgan fingerprint density at radius 3 is 2.80 bits per heavy atom. The van der Waals surface area contributed by atoms with Crippen LogP contribution in [0.25, 0.3) is 0 Å². The number of aliphatic hydroxyl groups is 1. The summed E-state index contributed by atoms with van der Waals surface area (Å²) in [5.74, 6) is 1.11. The van der Waals surface area contributed by atoms with Crippen molar-refractivity contribution < 1.29 is 5.11 Å². The lowest BCUT2D eigenvalue weighted by Crippen LogP contribution is -2.31. The van der Waals surface area contributed by atoms with Gasteiger partial charge in [-0.25, -0.2) is 9.97 Å². The summed E-state index contributed by atoms with van der Waals surface area (Å²) in [7, 11) is 0. The second-order valence-corrected chi connectivity index (χ2v) is 4.32. The molecule has 0 spiro atoms. The number of nitrogens with zero attached hydrogens (tertiary/aromatic N) is 2. The van der Waals surface area contributed by atoms with Crippen LogP contribution >= 0.6 is 0 Å². The fourth-order valence-electron chi connectivity index (χ4n) is 2.03. The average Bonchev–Trinajstić information content (AvgIpc) is 2.16. The average molecular weight is 207 g/mol. The molecule has 4 heteroatoms. The van der Waals surface area contributed by atoms with Gasteiger partial charge in [0.25, 0.3) is 0 Å². The van der Waals surface area contributed by atoms with Gasteiger partial charge in [0, 0.05) is 18.7 Å². The molecule has 0 fully saturated rings. The molecule has 1 aliphatic rings. The normalized spacial score (nSPS) is 20.5. The van der Waals surface area contributed by atoms with Gasteiger partial charge in [0.2, 0.25) is 0 Å². The van der Waals surface area contributed by atoms with E-state index in [0.717, 1.165) is 29.3 Å². The molecule has 1 unspecified atom stereocenters. The number of aryl methyl sites for hydroxylation is 1. The van der Waals surface area contributed by atoms with Gasteiger partial charge >= 0.3 is 0 Å². The Morgan fingerprint density at radius 1 is 1.40 bits per heavy atom. The first kappa shape index (κ1) is 10.5. The zero-order chi connectivity index (χ0) is 11.0. The van der Waals surface area contributed by atoms with Crippen LogP contribution in [0.15, 0.2) is 0 Å². The van der Waals surface area contributed by atoms with E-state index >= 15 is 0 Å². The Labute approximate surface area is 89.8 Å². The topological polar surface area (TPSA) is 58.0 Å². The van der Waals surface area contributed by atoms with E-state index in [1.165, 1.54) is 0 Å². The summed E-state index contributed by atoms with van der Waals surface area (Å²) < 4.78 is 0. The molecule has 15 heavy (non-hydrogen) atoms. The van der Waals surface area contributed by atoms with E-state index in [4.69, 9.17) is 0 Å². The SMILES string of the molecule is Cc1nc2c(c(C(C)C)n1)C(O)CNC2. The second kappa shape index (κ2) is 3.87. The molecule has 1 aromatic rings. The molecule has 0 radical (unpaired) electrons. The van der Waals surface area contributed by atoms with E-state index in [2.05, 4.69) is 29.1 Å². The first-order chi connectivity index (χ1) is 7.09. The summed E-state index contributed by atoms with van der Waals surface area (Å²) in [4.78, 5) is 8.81. The molecule has 4 nitrogen and oxygen atoms in total. The van der Waals surface area contributed by atoms with Gasteiger partial charge in [-0.3, -0.25) is 0 Å². The van der Waals surface area contributed by atoms with E-state index < -0.39 is 6.10 Å². The van der Waals surface area contributed by atoms with Crippen LogP contribution in [-0.4, -0.2) is 21.6 Å². The van der Waals surface area contributed by atoms with E-state index in [0.29, 0.717) is 12.5 Å². The number of aromatic nitrogens is 2. The Hall–Kier alpha value is -1.00. The van der Waals surface area contributed by atoms with E-state index in [-0.39, 0.29) is 0 Å². The third kappa shape index (κ3) is 1.87. The van der Waals surface area contributed by atoms with Crippen molar-refractivity contribution in [1.29, 1.82) is 0 Å². The molecule has 0 amide bonds. The summed E-state index contributed by atoms with van der Waals surface area (Å²) in [5.41, 5.74) is 2.88. The van der Waals surface area contributed by atoms with Crippen molar-refractivity contribution in [3.05, 3.63) is 22.8 Å². The molecule has 0 saturated heterocycles. The number of hydrogen-bond donors (Lipinski definition) is 2. The minimum Gasteiger partial charge on any atom is -0.387 e. The number of hydrogen-bond acceptors (Lipinski definition) is 4. The van der Waals surface area contributed by atoms with Crippen molar-refractivity contribution in [3.8, 4) is 0 Å². The van der Waals surface area contributed by atoms with Crippen LogP contribution in [0.5, 0.6) is 0 Å². The summed E-state index contributed by atoms with van der Waals surface area (Å²) >= 11 is 0. The van der Waals surface area contributed by atoms with Crippen molar-refractivity contribution in [3.63, 3.8) is 0 Å². The maximum absolute atomic E-state index is 9.94. The lowest BCUT2D eigenvalue weighted by atomic mass is 9.95. The molecule has 2 rings (SSSR count). The van der Waals surface area contributed by atoms with E-state index in [9.17, 15) is 5.11 Å². The Balaban J connectivity index is 2.58. The highest BCUT2D eigenvalue weighted by Crippen LogP contribution is 2.27. The smallest absolute Gasteiger partial charge is 0.125 e. The van der Waals surface area contributed by atoms with Crippen LogP contribution in [0.3, 0.4) is 0 Å². The monoisotopic (exact) mass is 207 g/mol. The number of nitrogens with one attached hydrogen (secondary N) is 1. The van der Waals surface area contributed by atoms with Gasteiger partial charge in [0.1, 0.15) is 5.82 Å². The van der Waals surface area contributed by atoms with Crippen molar-refractivity contribution >= 4 is 0 Å². The Morgan fingerprint density at radius 2 is 2.13 bits per heavy atom. The lowest BCUT2D eigenvalue weighted by molar-refractivity contribution is 0.161. The zero-order valence-electron chi connectivity index (χ0n) is 9.41. The molecule has 0 aromatic carbocycles. The number of fused-ring (bicyclic) bond motifs is 1. The highest BCUT2D eigenvalue weighted by molar-refractivity contribution is 5.32. The molecule has 2 heterocycles. The van der Waals surface area contributed by atoms with E-state index in [1.54, 1.807) is 0 Å². The van der Waals surface area contributed by atoms with Gasteiger partial charge in [0.15, 0.2) is 0 Å². The fourth-order valence-corrected chi connectivity index (χ4v) is 2.03. The van der Waals surface area contributed by atoms with Gasteiger partial charge in [-0.15, -0.1) is 0 Å². The minimum atomic E-state index is -0.466. The largest absolute Gasteiger partial charge is 0.387 e. The number of β-amino-alcohol motifs (C(OH)–C–C–N with tert-alkyl or cyclic N) is 1. The molecule has 2 N–H and O–H groups in total. The van der Waals surface area contributed by atoms with Crippen LogP contribution in [0, 0.1) is 6.92 Å².